The molecule has 0 saturated carbocycles. The predicted octanol–water partition coefficient (Wildman–Crippen LogP) is 1.92. The number of aromatic nitrogens is 18. The summed E-state index contributed by atoms with van der Waals surface area (Å²) in [6.45, 7) is 5.77. The summed E-state index contributed by atoms with van der Waals surface area (Å²) in [5.74, 6) is 1.02. The molecule has 0 spiro atoms. The van der Waals surface area contributed by atoms with Crippen LogP contribution in [0.3, 0.4) is 0 Å². The Hall–Kier alpha value is -9.93. The van der Waals surface area contributed by atoms with Crippen molar-refractivity contribution in [2.45, 2.75) is 63.6 Å². The van der Waals surface area contributed by atoms with Crippen LogP contribution in [0.4, 0.5) is 17.5 Å². The van der Waals surface area contributed by atoms with Crippen molar-refractivity contribution in [2.75, 3.05) is 82.3 Å². The maximum Gasteiger partial charge on any atom is 2.00 e. The van der Waals surface area contributed by atoms with Gasteiger partial charge in [-0.2, -0.15) is 0 Å². The van der Waals surface area contributed by atoms with E-state index in [0.29, 0.717) is 77.1 Å². The van der Waals surface area contributed by atoms with Crippen molar-refractivity contribution in [2.24, 2.45) is 21.1 Å². The number of para-hydroxylation sites is 6. The number of piperidine rings is 3. The second-order valence-electron chi connectivity index (χ2n) is 23.0. The number of H-pyrrole nitrogens is 3. The van der Waals surface area contributed by atoms with E-state index in [9.17, 15) is 33.9 Å². The Labute approximate surface area is 576 Å². The van der Waals surface area contributed by atoms with Crippen molar-refractivity contribution >= 4 is 125 Å². The minimum absolute atomic E-state index is 0. The molecule has 34 heteroatoms. The summed E-state index contributed by atoms with van der Waals surface area (Å²) < 4.78 is 10.4. The average molecular weight is 1360 g/mol. The van der Waals surface area contributed by atoms with Gasteiger partial charge in [-0.15, -0.1) is 0 Å². The van der Waals surface area contributed by atoms with Gasteiger partial charge in [-0.05, 0) is 74.9 Å². The van der Waals surface area contributed by atoms with Crippen molar-refractivity contribution in [1.82, 2.24) is 97.8 Å². The van der Waals surface area contributed by atoms with Gasteiger partial charge in [0.15, 0.2) is 62.6 Å². The number of amides is 1. The largest absolute Gasteiger partial charge is 2.00 e. The zero-order valence-corrected chi connectivity index (χ0v) is 57.3. The molecule has 0 bridgehead atoms. The van der Waals surface area contributed by atoms with Crippen molar-refractivity contribution in [1.29, 1.82) is 0 Å². The van der Waals surface area contributed by atoms with Gasteiger partial charge in [0.2, 0.25) is 11.6 Å². The summed E-state index contributed by atoms with van der Waals surface area (Å²) in [6, 6.07) is 23.5. The van der Waals surface area contributed by atoms with Crippen LogP contribution in [0, 0.1) is 7.43 Å². The number of nitrogens with zero attached hydrogens (tertiary/aromatic N) is 19. The molecule has 32 nitrogen and oxygen atoms in total. The molecule has 0 unspecified atom stereocenters. The van der Waals surface area contributed by atoms with Crippen LogP contribution in [0.5, 0.6) is 0 Å². The van der Waals surface area contributed by atoms with E-state index >= 15 is 0 Å². The Morgan fingerprint density at radius 2 is 0.825 bits per heavy atom. The van der Waals surface area contributed by atoms with Gasteiger partial charge in [0, 0.05) is 99.6 Å². The summed E-state index contributed by atoms with van der Waals surface area (Å²) in [5, 5.41) is 10.5. The van der Waals surface area contributed by atoms with Gasteiger partial charge in [-0.1, -0.05) is 36.4 Å². The maximum atomic E-state index is 12.6. The fraction of sp³-hybridized carbons (Fsp3) is 0.365. The molecule has 5 N–H and O–H groups in total. The first kappa shape index (κ1) is 71.4. The number of hydrogen-bond donors (Lipinski definition) is 5. The van der Waals surface area contributed by atoms with E-state index in [4.69, 9.17) is 4.84 Å². The van der Waals surface area contributed by atoms with E-state index in [-0.39, 0.29) is 101 Å². The quantitative estimate of drug-likeness (QED) is 0.0534. The van der Waals surface area contributed by atoms with Crippen LogP contribution in [0.2, 0.25) is 0 Å². The first-order valence-electron chi connectivity index (χ1n) is 30.6. The molecular formula is C63H74ClMgN23O9. The van der Waals surface area contributed by atoms with E-state index in [0.717, 1.165) is 95.6 Å². The molecule has 3 aliphatic rings. The van der Waals surface area contributed by atoms with Crippen LogP contribution in [0.1, 0.15) is 95.4 Å². The van der Waals surface area contributed by atoms with Crippen LogP contribution in [0.25, 0.3) is 66.6 Å². The Balaban J connectivity index is 0.000000163. The molecule has 0 radical (unpaired) electrons. The van der Waals surface area contributed by atoms with Gasteiger partial charge >= 0.3 is 52.0 Å². The number of halogens is 1. The summed E-state index contributed by atoms with van der Waals surface area (Å²) in [4.78, 5) is 137. The molecule has 3 saturated heterocycles. The number of imidazole rings is 6. The summed E-state index contributed by atoms with van der Waals surface area (Å²) in [6.07, 6.45) is 9.19. The summed E-state index contributed by atoms with van der Waals surface area (Å²) in [5.41, 5.74) is 10.9. The van der Waals surface area contributed by atoms with Gasteiger partial charge in [-0.25, -0.2) is 74.6 Å². The number of hydroxylamine groups is 3. The number of carbonyl (C=O) groups excluding carboxylic acids is 2. The van der Waals surface area contributed by atoms with Gasteiger partial charge in [-0.3, -0.25) is 28.1 Å². The number of carboxylic acid groups (broad SMARTS) is 1. The topological polar surface area (TPSA) is 359 Å². The monoisotopic (exact) mass is 1360 g/mol. The van der Waals surface area contributed by atoms with Gasteiger partial charge < -0.3 is 73.1 Å². The number of carboxylic acids is 1. The zero-order valence-electron chi connectivity index (χ0n) is 55.2. The van der Waals surface area contributed by atoms with E-state index in [1.807, 2.05) is 86.5 Å². The van der Waals surface area contributed by atoms with Gasteiger partial charge in [0.1, 0.15) is 19.0 Å². The second kappa shape index (κ2) is 30.4. The predicted molar refractivity (Wildman–Crippen MR) is 362 cm³/mol. The van der Waals surface area contributed by atoms with Crippen LogP contribution >= 0.6 is 0 Å². The number of carbonyl (C=O) groups is 3. The second-order valence-corrected chi connectivity index (χ2v) is 23.0. The normalized spacial score (nSPS) is 14.5. The van der Waals surface area contributed by atoms with Crippen molar-refractivity contribution in [3.05, 3.63) is 148 Å². The molecule has 1 amide bonds. The van der Waals surface area contributed by atoms with E-state index < -0.39 is 5.97 Å². The third-order valence-electron chi connectivity index (χ3n) is 17.6. The SMILES string of the molecule is CC(=O)c1nc2c(N3CCC(n4c(=O)[nH]c5ccccc54)CC3)ncnc2n1C.CNOC.CON(C)C(=O)c1nc2c(N3CCC(n4c(=O)[nH]c5ccccc54)CC3)ncnc2n1C.Cn1c(C(=O)O)nc2c(N3CCC(n4c(=O)[nH]c5ccccc54)CC3)ncnc21.[CH3-].[Cl-].[Mg+2]. The molecule has 3 aliphatic heterocycles. The minimum atomic E-state index is -1.10. The number of ketones is 1. The molecule has 15 rings (SSSR count). The Bertz CT molecular complexity index is 4780. The smallest absolute Gasteiger partial charge is 1.00 e. The number of aryl methyl sites for hydroxylation is 3. The fourth-order valence-corrected chi connectivity index (χ4v) is 12.9. The van der Waals surface area contributed by atoms with Crippen LogP contribution < -0.4 is 49.7 Å². The maximum absolute atomic E-state index is 12.6. The number of rotatable bonds is 11. The van der Waals surface area contributed by atoms with Crippen molar-refractivity contribution in [3.8, 4) is 0 Å². The molecule has 97 heavy (non-hydrogen) atoms. The minimum Gasteiger partial charge on any atom is -1.00 e. The number of benzene rings is 3. The first-order valence-corrected chi connectivity index (χ1v) is 30.6. The van der Waals surface area contributed by atoms with E-state index in [1.165, 1.54) is 44.6 Å². The number of aromatic carboxylic acids is 1. The van der Waals surface area contributed by atoms with Crippen LogP contribution in [0.15, 0.2) is 106 Å². The van der Waals surface area contributed by atoms with Crippen LogP contribution in [-0.2, 0) is 30.8 Å². The van der Waals surface area contributed by atoms with Crippen molar-refractivity contribution < 1.29 is 41.6 Å². The van der Waals surface area contributed by atoms with Crippen LogP contribution in [-0.4, -0.2) is 206 Å². The number of hydrogen-bond acceptors (Lipinski definition) is 21. The summed E-state index contributed by atoms with van der Waals surface area (Å²) in [7, 11) is 11.4. The molecule has 0 aliphatic carbocycles. The number of aromatic amines is 3. The Morgan fingerprint density at radius 1 is 0.526 bits per heavy atom. The standard InChI is InChI=1S/C21H24N8O3.C20H21N7O2.C19H19N7O3.C2H7NO.CH3.ClH.Mg/c1-26-17-16(25-19(26)20(30)27(2)32-3)18(23-12-22-17)28-10-8-13(9-11-28)29-15-7-5-4-6-14(15)24-21(29)31;1-12(28)17-24-16-18(25(17)2)21-11-22-19(16)26-9-7-13(8-10-26)27-15-6-4-3-5-14(15)23-20(27)29;1-24-15-14(23-17(24)18(27)28)16(21-10-20-15)25-8-6-11(7-9-25)26-13-5-3-2-4-12(13)22-19(26)29;1-3-4-2;;;/h4-7,12-13H,8-11H2,1-3H3,(H,24,31);3-6,11,13H,7-10H2,1-2H3,(H,23,29);2-5,10-11H,6-9H2,1H3,(H,22,29)(H,27,28);3H,1-2H3;1H3;1H;/q;;;;-1;;+2/p-1. The first-order chi connectivity index (χ1) is 45.5. The fourth-order valence-electron chi connectivity index (χ4n) is 12.9. The summed E-state index contributed by atoms with van der Waals surface area (Å²) >= 11 is 0. The Morgan fingerprint density at radius 3 is 1.13 bits per heavy atom. The van der Waals surface area contributed by atoms with Gasteiger partial charge in [0.05, 0.1) is 47.3 Å². The number of Topliss-reactive ketones (excluding diaryl/α,β-unsaturated/α-hetero) is 1. The van der Waals surface area contributed by atoms with E-state index in [1.54, 1.807) is 44.4 Å². The molecule has 3 aromatic carbocycles. The molecule has 3 fully saturated rings. The number of nitrogens with one attached hydrogen (secondary N) is 4. The van der Waals surface area contributed by atoms with Gasteiger partial charge in [0.25, 0.3) is 0 Å². The molecule has 12 heterocycles. The molecule has 504 valence electrons. The van der Waals surface area contributed by atoms with Crippen molar-refractivity contribution in [3.63, 3.8) is 0 Å². The third kappa shape index (κ3) is 13.8. The number of fused-ring (bicyclic) bond motifs is 6. The third-order valence-corrected chi connectivity index (χ3v) is 17.6. The molecular weight excluding hydrogens is 1280 g/mol. The molecule has 0 atom stereocenters. The molecule has 12 aromatic rings. The number of anilines is 3. The van der Waals surface area contributed by atoms with E-state index in [2.05, 4.69) is 84.8 Å². The zero-order chi connectivity index (χ0) is 66.1. The molecule has 9 aromatic heterocycles. The average Bonchev–Trinajstić information content (AvgIpc) is 1.67. The Kier molecular flexibility index (Phi) is 22.4.